The van der Waals surface area contributed by atoms with Crippen molar-refractivity contribution in [1.82, 2.24) is 10.6 Å². The molecule has 0 aliphatic heterocycles. The summed E-state index contributed by atoms with van der Waals surface area (Å²) >= 11 is 5.23. The van der Waals surface area contributed by atoms with E-state index in [-0.39, 0.29) is 23.0 Å². The van der Waals surface area contributed by atoms with Crippen molar-refractivity contribution in [2.75, 3.05) is 11.9 Å². The summed E-state index contributed by atoms with van der Waals surface area (Å²) in [5.74, 6) is 0.589. The second-order valence-electron chi connectivity index (χ2n) is 7.50. The molecule has 0 fully saturated rings. The summed E-state index contributed by atoms with van der Waals surface area (Å²) in [4.78, 5) is 24.6. The summed E-state index contributed by atoms with van der Waals surface area (Å²) in [7, 11) is 0. The van der Waals surface area contributed by atoms with Gasteiger partial charge >= 0.3 is 0 Å². The van der Waals surface area contributed by atoms with Crippen molar-refractivity contribution in [2.24, 2.45) is 5.92 Å². The van der Waals surface area contributed by atoms with Gasteiger partial charge in [-0.3, -0.25) is 14.9 Å². The number of nitrogens with one attached hydrogen (secondary N) is 3. The second kappa shape index (κ2) is 11.3. The lowest BCUT2D eigenvalue weighted by Gasteiger charge is -2.13. The fourth-order valence-electron chi connectivity index (χ4n) is 2.44. The van der Waals surface area contributed by atoms with E-state index in [2.05, 4.69) is 29.8 Å². The highest BCUT2D eigenvalue weighted by Gasteiger charge is 2.11. The molecule has 7 heteroatoms. The number of ether oxygens (including phenoxy) is 1. The number of carbonyl (C=O) groups is 2. The number of carbonyl (C=O) groups excluding carboxylic acids is 2. The van der Waals surface area contributed by atoms with Gasteiger partial charge in [0, 0.05) is 22.9 Å². The molecule has 0 radical (unpaired) electrons. The van der Waals surface area contributed by atoms with Crippen LogP contribution in [0.4, 0.5) is 5.69 Å². The Morgan fingerprint density at radius 1 is 1.00 bits per heavy atom. The number of rotatable bonds is 8. The van der Waals surface area contributed by atoms with Crippen molar-refractivity contribution >= 4 is 34.8 Å². The van der Waals surface area contributed by atoms with Gasteiger partial charge in [-0.05, 0) is 73.9 Å². The Bertz CT molecular complexity index is 882. The number of anilines is 1. The zero-order valence-corrected chi connectivity index (χ0v) is 18.6. The first kappa shape index (κ1) is 23.3. The number of amides is 2. The summed E-state index contributed by atoms with van der Waals surface area (Å²) in [6, 6.07) is 14.0. The molecule has 0 heterocycles. The molecule has 0 saturated heterocycles. The lowest BCUT2D eigenvalue weighted by molar-refractivity contribution is 0.0937. The first-order valence-corrected chi connectivity index (χ1v) is 10.5. The van der Waals surface area contributed by atoms with E-state index in [0.717, 1.165) is 6.42 Å². The van der Waals surface area contributed by atoms with Crippen LogP contribution in [0.1, 0.15) is 54.8 Å². The van der Waals surface area contributed by atoms with Crippen LogP contribution in [-0.4, -0.2) is 29.6 Å². The van der Waals surface area contributed by atoms with Crippen LogP contribution in [0.5, 0.6) is 5.75 Å². The Morgan fingerprint density at radius 3 is 2.33 bits per heavy atom. The van der Waals surface area contributed by atoms with Crippen LogP contribution in [-0.2, 0) is 0 Å². The predicted octanol–water partition coefficient (Wildman–Crippen LogP) is 4.38. The summed E-state index contributed by atoms with van der Waals surface area (Å²) in [5.41, 5.74) is 1.70. The third-order valence-electron chi connectivity index (χ3n) is 4.30. The molecule has 0 saturated carbocycles. The smallest absolute Gasteiger partial charge is 0.257 e. The van der Waals surface area contributed by atoms with Crippen LogP contribution in [0.15, 0.2) is 48.5 Å². The second-order valence-corrected chi connectivity index (χ2v) is 7.91. The topological polar surface area (TPSA) is 79.5 Å². The van der Waals surface area contributed by atoms with Crippen LogP contribution >= 0.6 is 12.2 Å². The van der Waals surface area contributed by atoms with E-state index >= 15 is 0 Å². The molecule has 3 N–H and O–H groups in total. The molecule has 2 aromatic rings. The molecular weight excluding hydrogens is 398 g/mol. The summed E-state index contributed by atoms with van der Waals surface area (Å²) in [6.07, 6.45) is 0.867. The van der Waals surface area contributed by atoms with E-state index in [1.807, 2.05) is 19.9 Å². The molecule has 2 rings (SSSR count). The largest absolute Gasteiger partial charge is 0.493 e. The molecule has 30 heavy (non-hydrogen) atoms. The molecule has 0 aliphatic carbocycles. The van der Waals surface area contributed by atoms with Gasteiger partial charge in [-0.25, -0.2) is 0 Å². The first-order chi connectivity index (χ1) is 14.3. The van der Waals surface area contributed by atoms with Gasteiger partial charge in [0.15, 0.2) is 5.11 Å². The number of thiocarbonyl (C=S) groups is 1. The van der Waals surface area contributed by atoms with Crippen LogP contribution < -0.4 is 20.7 Å². The molecule has 1 atom stereocenters. The van der Waals surface area contributed by atoms with Gasteiger partial charge in [-0.15, -0.1) is 0 Å². The summed E-state index contributed by atoms with van der Waals surface area (Å²) in [5, 5.41) is 8.70. The fourth-order valence-corrected chi connectivity index (χ4v) is 2.65. The fraction of sp³-hybridized carbons (Fsp3) is 0.348. The normalized spacial score (nSPS) is 11.5. The number of benzene rings is 2. The third-order valence-corrected chi connectivity index (χ3v) is 4.51. The Morgan fingerprint density at radius 2 is 1.70 bits per heavy atom. The summed E-state index contributed by atoms with van der Waals surface area (Å²) < 4.78 is 5.66. The van der Waals surface area contributed by atoms with Crippen LogP contribution in [0.2, 0.25) is 0 Å². The van der Waals surface area contributed by atoms with Gasteiger partial charge in [0.05, 0.1) is 6.61 Å². The maximum atomic E-state index is 12.5. The first-order valence-electron chi connectivity index (χ1n) is 10.0. The number of hydrogen-bond donors (Lipinski definition) is 3. The van der Waals surface area contributed by atoms with Crippen LogP contribution in [0.25, 0.3) is 0 Å². The minimum absolute atomic E-state index is 0.118. The highest BCUT2D eigenvalue weighted by Crippen LogP contribution is 2.15. The van der Waals surface area contributed by atoms with E-state index < -0.39 is 0 Å². The Labute approximate surface area is 183 Å². The van der Waals surface area contributed by atoms with Crippen molar-refractivity contribution in [1.29, 1.82) is 0 Å². The molecule has 2 amide bonds. The van der Waals surface area contributed by atoms with E-state index in [9.17, 15) is 9.59 Å². The highest BCUT2D eigenvalue weighted by molar-refractivity contribution is 7.80. The maximum Gasteiger partial charge on any atom is 0.257 e. The van der Waals surface area contributed by atoms with Crippen molar-refractivity contribution in [3.05, 3.63) is 59.7 Å². The van der Waals surface area contributed by atoms with E-state index in [1.165, 1.54) is 0 Å². The summed E-state index contributed by atoms with van der Waals surface area (Å²) in [6.45, 7) is 8.68. The molecule has 0 aromatic heterocycles. The third kappa shape index (κ3) is 7.48. The molecule has 0 bridgehead atoms. The van der Waals surface area contributed by atoms with Gasteiger partial charge in [-0.2, -0.15) is 0 Å². The molecular formula is C23H29N3O3S. The Kier molecular flexibility index (Phi) is 8.80. The average Bonchev–Trinajstić information content (AvgIpc) is 2.72. The van der Waals surface area contributed by atoms with Crippen molar-refractivity contribution < 1.29 is 14.3 Å². The molecule has 2 aromatic carbocycles. The monoisotopic (exact) mass is 427 g/mol. The van der Waals surface area contributed by atoms with Gasteiger partial charge in [-0.1, -0.05) is 26.8 Å². The quantitative estimate of drug-likeness (QED) is 0.545. The van der Waals surface area contributed by atoms with E-state index in [4.69, 9.17) is 17.0 Å². The zero-order chi connectivity index (χ0) is 22.1. The van der Waals surface area contributed by atoms with Crippen molar-refractivity contribution in [2.45, 2.75) is 40.2 Å². The zero-order valence-electron chi connectivity index (χ0n) is 17.8. The van der Waals surface area contributed by atoms with Crippen LogP contribution in [0, 0.1) is 5.92 Å². The minimum atomic E-state index is -0.327. The predicted molar refractivity (Wildman–Crippen MR) is 124 cm³/mol. The van der Waals surface area contributed by atoms with Gasteiger partial charge in [0.2, 0.25) is 0 Å². The van der Waals surface area contributed by atoms with E-state index in [0.29, 0.717) is 35.1 Å². The molecule has 0 spiro atoms. The van der Waals surface area contributed by atoms with Crippen molar-refractivity contribution in [3.8, 4) is 5.75 Å². The van der Waals surface area contributed by atoms with Crippen LogP contribution in [0.3, 0.4) is 0 Å². The Hall–Kier alpha value is -2.93. The minimum Gasteiger partial charge on any atom is -0.493 e. The van der Waals surface area contributed by atoms with Crippen molar-refractivity contribution in [3.63, 3.8) is 0 Å². The molecule has 1 unspecified atom stereocenters. The highest BCUT2D eigenvalue weighted by atomic mass is 32.1. The maximum absolute atomic E-state index is 12.5. The van der Waals surface area contributed by atoms with Gasteiger partial charge in [0.25, 0.3) is 11.8 Å². The number of hydrogen-bond acceptors (Lipinski definition) is 4. The van der Waals surface area contributed by atoms with Gasteiger partial charge in [0.1, 0.15) is 5.75 Å². The molecule has 0 aliphatic rings. The molecule has 6 nitrogen and oxygen atoms in total. The average molecular weight is 428 g/mol. The lowest BCUT2D eigenvalue weighted by atomic mass is 10.1. The van der Waals surface area contributed by atoms with E-state index in [1.54, 1.807) is 42.5 Å². The molecule has 160 valence electrons. The SMILES string of the molecule is CCC(C)NC(=O)c1ccc(NC(=S)NC(=O)c2cccc(OCC(C)C)c2)cc1. The standard InChI is InChI=1S/C23H29N3O3S/c1-5-16(4)24-21(27)17-9-11-19(12-10-17)25-23(30)26-22(28)18-7-6-8-20(13-18)29-14-15(2)3/h6-13,15-16H,5,14H2,1-4H3,(H,24,27)(H2,25,26,28,30). The lowest BCUT2D eigenvalue weighted by Crippen LogP contribution is -2.34. The van der Waals surface area contributed by atoms with Gasteiger partial charge < -0.3 is 15.4 Å². The Balaban J connectivity index is 1.91.